The predicted molar refractivity (Wildman–Crippen MR) is 122 cm³/mol. The van der Waals surface area contributed by atoms with Crippen molar-refractivity contribution in [2.45, 2.75) is 38.8 Å². The molecular weight excluding hydrogens is 438 g/mol. The van der Waals surface area contributed by atoms with Crippen molar-refractivity contribution in [3.8, 4) is 11.1 Å². The highest BCUT2D eigenvalue weighted by Crippen LogP contribution is 2.44. The van der Waals surface area contributed by atoms with E-state index in [1.807, 2.05) is 48.5 Å². The first-order valence-electron chi connectivity index (χ1n) is 10.9. The molecule has 0 aliphatic heterocycles. The normalized spacial score (nSPS) is 13.0. The number of nitrogens with one attached hydrogen (secondary N) is 2. The molecule has 176 valence electrons. The number of hydrogen-bond donors (Lipinski definition) is 3. The number of hydrogen-bond acceptors (Lipinski definition) is 6. The number of rotatable bonds is 8. The molecule has 1 atom stereocenters. The fourth-order valence-electron chi connectivity index (χ4n) is 4.22. The predicted octanol–water partition coefficient (Wildman–Crippen LogP) is 3.29. The molecule has 2 aromatic carbocycles. The van der Waals surface area contributed by atoms with E-state index in [0.29, 0.717) is 17.0 Å². The number of alkyl carbamates (subject to hydrolysis) is 1. The highest BCUT2D eigenvalue weighted by molar-refractivity contribution is 5.89. The largest absolute Gasteiger partial charge is 0.481 e. The first kappa shape index (κ1) is 23.0. The molecule has 1 aromatic heterocycles. The molecule has 1 heterocycles. The summed E-state index contributed by atoms with van der Waals surface area (Å²) in [4.78, 5) is 36.4. The molecule has 0 bridgehead atoms. The molecule has 1 unspecified atom stereocenters. The molecular formula is C25H25N3O6. The van der Waals surface area contributed by atoms with Crippen molar-refractivity contribution in [2.75, 3.05) is 6.61 Å². The van der Waals surface area contributed by atoms with Gasteiger partial charge in [-0.3, -0.25) is 9.59 Å². The smallest absolute Gasteiger partial charge is 0.407 e. The molecule has 0 radical (unpaired) electrons. The number of nitrogens with zero attached hydrogens (tertiary/aromatic N) is 1. The molecule has 1 aliphatic rings. The molecule has 2 amide bonds. The van der Waals surface area contributed by atoms with E-state index in [-0.39, 0.29) is 19.1 Å². The lowest BCUT2D eigenvalue weighted by Gasteiger charge is -2.18. The van der Waals surface area contributed by atoms with Crippen molar-refractivity contribution in [1.82, 2.24) is 15.8 Å². The van der Waals surface area contributed by atoms with E-state index < -0.39 is 30.4 Å². The number of carbonyl (C=O) groups excluding carboxylic acids is 2. The van der Waals surface area contributed by atoms with Crippen LogP contribution in [0.5, 0.6) is 0 Å². The molecule has 1 aliphatic carbocycles. The summed E-state index contributed by atoms with van der Waals surface area (Å²) in [7, 11) is 0. The van der Waals surface area contributed by atoms with Crippen molar-refractivity contribution >= 4 is 18.0 Å². The summed E-state index contributed by atoms with van der Waals surface area (Å²) in [5, 5.41) is 18.0. The average Bonchev–Trinajstić information content (AvgIpc) is 3.31. The second-order valence-corrected chi connectivity index (χ2v) is 8.14. The quantitative estimate of drug-likeness (QED) is 0.467. The van der Waals surface area contributed by atoms with E-state index in [2.05, 4.69) is 15.8 Å². The minimum Gasteiger partial charge on any atom is -0.481 e. The summed E-state index contributed by atoms with van der Waals surface area (Å²) < 4.78 is 10.5. The maximum atomic E-state index is 12.6. The van der Waals surface area contributed by atoms with Gasteiger partial charge in [0.1, 0.15) is 18.4 Å². The van der Waals surface area contributed by atoms with Crippen LogP contribution in [0, 0.1) is 13.8 Å². The van der Waals surface area contributed by atoms with Crippen molar-refractivity contribution < 1.29 is 28.8 Å². The summed E-state index contributed by atoms with van der Waals surface area (Å²) in [6, 6.07) is 14.5. The topological polar surface area (TPSA) is 131 Å². The Balaban J connectivity index is 1.40. The standard InChI is InChI=1S/C25H25N3O6/c1-14-20(15(2)34-28-14)12-26-24(31)22(11-23(29)30)27-25(32)33-13-21-18-9-5-3-7-16(18)17-8-4-6-10-19(17)21/h3-10,21-22H,11-13H2,1-2H3,(H,26,31)(H,27,32)(H,29,30). The van der Waals surface area contributed by atoms with Gasteiger partial charge in [-0.15, -0.1) is 0 Å². The second kappa shape index (κ2) is 9.78. The zero-order valence-electron chi connectivity index (χ0n) is 18.8. The third-order valence-corrected chi connectivity index (χ3v) is 5.95. The van der Waals surface area contributed by atoms with Gasteiger partial charge in [0.15, 0.2) is 0 Å². The van der Waals surface area contributed by atoms with Crippen LogP contribution in [0.4, 0.5) is 4.79 Å². The maximum Gasteiger partial charge on any atom is 0.407 e. The highest BCUT2D eigenvalue weighted by Gasteiger charge is 2.30. The van der Waals surface area contributed by atoms with Crippen molar-refractivity contribution in [3.63, 3.8) is 0 Å². The molecule has 9 nitrogen and oxygen atoms in total. The maximum absolute atomic E-state index is 12.6. The first-order valence-corrected chi connectivity index (χ1v) is 10.9. The van der Waals surface area contributed by atoms with E-state index in [4.69, 9.17) is 9.26 Å². The fraction of sp³-hybridized carbons (Fsp3) is 0.280. The number of aryl methyl sites for hydroxylation is 2. The average molecular weight is 463 g/mol. The summed E-state index contributed by atoms with van der Waals surface area (Å²) in [6.07, 6.45) is -1.45. The Bertz CT molecular complexity index is 1170. The zero-order chi connectivity index (χ0) is 24.2. The van der Waals surface area contributed by atoms with E-state index >= 15 is 0 Å². The van der Waals surface area contributed by atoms with Crippen LogP contribution in [0.25, 0.3) is 11.1 Å². The monoisotopic (exact) mass is 463 g/mol. The molecule has 0 saturated heterocycles. The number of aromatic nitrogens is 1. The van der Waals surface area contributed by atoms with Gasteiger partial charge in [0.05, 0.1) is 12.1 Å². The van der Waals surface area contributed by atoms with Gasteiger partial charge in [0.25, 0.3) is 0 Å². The lowest BCUT2D eigenvalue weighted by Crippen LogP contribution is -2.48. The highest BCUT2D eigenvalue weighted by atomic mass is 16.5. The van der Waals surface area contributed by atoms with Gasteiger partial charge < -0.3 is 25.0 Å². The minimum atomic E-state index is -1.30. The van der Waals surface area contributed by atoms with Crippen LogP contribution >= 0.6 is 0 Å². The number of benzene rings is 2. The van der Waals surface area contributed by atoms with Gasteiger partial charge in [0.2, 0.25) is 5.91 Å². The number of aliphatic carboxylic acids is 1. The third-order valence-electron chi connectivity index (χ3n) is 5.95. The third kappa shape index (κ3) is 4.78. The first-order chi connectivity index (χ1) is 16.3. The summed E-state index contributed by atoms with van der Waals surface area (Å²) in [5.74, 6) is -1.46. The number of fused-ring (bicyclic) bond motifs is 3. The Morgan fingerprint density at radius 2 is 1.68 bits per heavy atom. The number of carboxylic acids is 1. The van der Waals surface area contributed by atoms with Gasteiger partial charge in [0, 0.05) is 18.0 Å². The molecule has 0 saturated carbocycles. The van der Waals surface area contributed by atoms with Gasteiger partial charge in [-0.1, -0.05) is 53.7 Å². The van der Waals surface area contributed by atoms with Crippen LogP contribution in [0.1, 0.15) is 40.5 Å². The Labute approximate surface area is 196 Å². The number of ether oxygens (including phenoxy) is 1. The second-order valence-electron chi connectivity index (χ2n) is 8.14. The van der Waals surface area contributed by atoms with E-state index in [0.717, 1.165) is 22.3 Å². The van der Waals surface area contributed by atoms with E-state index in [1.54, 1.807) is 13.8 Å². The molecule has 0 fully saturated rings. The number of carboxylic acid groups (broad SMARTS) is 1. The summed E-state index contributed by atoms with van der Waals surface area (Å²) in [6.45, 7) is 3.61. The van der Waals surface area contributed by atoms with Crippen LogP contribution in [0.3, 0.4) is 0 Å². The van der Waals surface area contributed by atoms with E-state index in [9.17, 15) is 19.5 Å². The Kier molecular flexibility index (Phi) is 6.62. The van der Waals surface area contributed by atoms with Crippen LogP contribution < -0.4 is 10.6 Å². The molecule has 0 spiro atoms. The molecule has 4 rings (SSSR count). The Morgan fingerprint density at radius 1 is 1.06 bits per heavy atom. The van der Waals surface area contributed by atoms with Crippen molar-refractivity contribution in [2.24, 2.45) is 0 Å². The van der Waals surface area contributed by atoms with Gasteiger partial charge in [-0.25, -0.2) is 4.79 Å². The molecule has 9 heteroatoms. The van der Waals surface area contributed by atoms with Gasteiger partial charge in [-0.2, -0.15) is 0 Å². The van der Waals surface area contributed by atoms with Crippen molar-refractivity contribution in [3.05, 3.63) is 76.7 Å². The molecule has 3 aromatic rings. The van der Waals surface area contributed by atoms with E-state index in [1.165, 1.54) is 0 Å². The van der Waals surface area contributed by atoms with Crippen LogP contribution in [0.15, 0.2) is 53.1 Å². The van der Waals surface area contributed by atoms with Crippen molar-refractivity contribution in [1.29, 1.82) is 0 Å². The number of amides is 2. The minimum absolute atomic E-state index is 0.0559. The van der Waals surface area contributed by atoms with Gasteiger partial charge in [-0.05, 0) is 36.1 Å². The summed E-state index contributed by atoms with van der Waals surface area (Å²) in [5.41, 5.74) is 5.61. The van der Waals surface area contributed by atoms with Crippen LogP contribution in [-0.4, -0.2) is 40.9 Å². The molecule has 34 heavy (non-hydrogen) atoms. The lowest BCUT2D eigenvalue weighted by atomic mass is 9.98. The van der Waals surface area contributed by atoms with Crippen LogP contribution in [-0.2, 0) is 20.9 Å². The Morgan fingerprint density at radius 3 is 2.24 bits per heavy atom. The molecule has 3 N–H and O–H groups in total. The SMILES string of the molecule is Cc1noc(C)c1CNC(=O)C(CC(=O)O)NC(=O)OCC1c2ccccc2-c2ccccc21. The Hall–Kier alpha value is -4.14. The number of carbonyl (C=O) groups is 3. The fourth-order valence-corrected chi connectivity index (χ4v) is 4.22. The lowest BCUT2D eigenvalue weighted by molar-refractivity contribution is -0.139. The van der Waals surface area contributed by atoms with Gasteiger partial charge >= 0.3 is 12.1 Å². The zero-order valence-corrected chi connectivity index (χ0v) is 18.8. The van der Waals surface area contributed by atoms with Crippen LogP contribution in [0.2, 0.25) is 0 Å². The summed E-state index contributed by atoms with van der Waals surface area (Å²) >= 11 is 0.